The molecule has 3 heterocycles. The molecule has 0 unspecified atom stereocenters. The Hall–Kier alpha value is -2.65. The number of fused-ring (bicyclic) bond motifs is 3. The zero-order chi connectivity index (χ0) is 18.3. The number of nitrogens with zero attached hydrogens (tertiary/aromatic N) is 3. The predicted octanol–water partition coefficient (Wildman–Crippen LogP) is 4.87. The van der Waals surface area contributed by atoms with Crippen LogP contribution >= 0.6 is 11.6 Å². The summed E-state index contributed by atoms with van der Waals surface area (Å²) in [5, 5.41) is 0.726. The molecule has 0 saturated heterocycles. The highest BCUT2D eigenvalue weighted by atomic mass is 35.5. The van der Waals surface area contributed by atoms with E-state index in [1.807, 2.05) is 42.4 Å². The second-order valence-corrected chi connectivity index (χ2v) is 7.00. The third-order valence-electron chi connectivity index (χ3n) is 4.86. The van der Waals surface area contributed by atoms with Gasteiger partial charge >= 0.3 is 0 Å². The van der Waals surface area contributed by atoms with Gasteiger partial charge in [0.25, 0.3) is 0 Å². The first-order valence-electron chi connectivity index (χ1n) is 8.71. The Kier molecular flexibility index (Phi) is 4.25. The molecule has 0 N–H and O–H groups in total. The average Bonchev–Trinajstić information content (AvgIpc) is 2.79. The van der Waals surface area contributed by atoms with Crippen LogP contribution in [0.1, 0.15) is 29.3 Å². The van der Waals surface area contributed by atoms with E-state index in [4.69, 9.17) is 16.6 Å². The topological polar surface area (TPSA) is 28.5 Å². The Morgan fingerprint density at radius 3 is 2.69 bits per heavy atom. The molecule has 0 fully saturated rings. The van der Waals surface area contributed by atoms with E-state index in [2.05, 4.69) is 36.8 Å². The van der Waals surface area contributed by atoms with Gasteiger partial charge in [-0.05, 0) is 36.3 Å². The third-order valence-corrected chi connectivity index (χ3v) is 5.11. The van der Waals surface area contributed by atoms with Gasteiger partial charge in [0.2, 0.25) is 0 Å². The molecule has 0 bridgehead atoms. The number of allylic oxidation sites excluding steroid dienone is 1. The molecule has 0 radical (unpaired) electrons. The van der Waals surface area contributed by atoms with Crippen LogP contribution < -0.4 is 0 Å². The number of aromatic nitrogens is 1. The molecular weight excluding hydrogens is 342 g/mol. The van der Waals surface area contributed by atoms with Gasteiger partial charge in [-0.2, -0.15) is 0 Å². The number of hydrogen-bond acceptors (Lipinski definition) is 3. The van der Waals surface area contributed by atoms with E-state index in [0.717, 1.165) is 50.8 Å². The lowest BCUT2D eigenvalue weighted by molar-refractivity contribution is 0.587. The van der Waals surface area contributed by atoms with E-state index in [-0.39, 0.29) is 0 Å². The molecule has 0 aliphatic carbocycles. The van der Waals surface area contributed by atoms with Crippen LogP contribution in [-0.2, 0) is 6.42 Å². The summed E-state index contributed by atoms with van der Waals surface area (Å²) in [4.78, 5) is 11.7. The fourth-order valence-corrected chi connectivity index (χ4v) is 3.45. The Morgan fingerprint density at radius 1 is 1.19 bits per heavy atom. The second-order valence-electron chi connectivity index (χ2n) is 6.56. The number of hydrogen-bond donors (Lipinski definition) is 0. The molecule has 130 valence electrons. The first kappa shape index (κ1) is 16.8. The van der Waals surface area contributed by atoms with Crippen LogP contribution in [0, 0.1) is 0 Å². The highest BCUT2D eigenvalue weighted by molar-refractivity contribution is 6.30. The van der Waals surface area contributed by atoms with Crippen LogP contribution in [0.5, 0.6) is 0 Å². The lowest BCUT2D eigenvalue weighted by atomic mass is 9.91. The molecule has 4 rings (SSSR count). The summed E-state index contributed by atoms with van der Waals surface area (Å²) in [6.07, 6.45) is 7.11. The van der Waals surface area contributed by atoms with Crippen molar-refractivity contribution < 1.29 is 0 Å². The number of pyridine rings is 1. The molecule has 2 aromatic rings. The average molecular weight is 362 g/mol. The van der Waals surface area contributed by atoms with Crippen LogP contribution in [0.25, 0.3) is 5.57 Å². The summed E-state index contributed by atoms with van der Waals surface area (Å²) in [5.74, 6) is 0. The van der Waals surface area contributed by atoms with Gasteiger partial charge in [-0.25, -0.2) is 0 Å². The van der Waals surface area contributed by atoms with E-state index in [1.165, 1.54) is 5.57 Å². The van der Waals surface area contributed by atoms with Gasteiger partial charge in [-0.3, -0.25) is 9.98 Å². The second kappa shape index (κ2) is 6.58. The van der Waals surface area contributed by atoms with Crippen molar-refractivity contribution in [3.63, 3.8) is 0 Å². The van der Waals surface area contributed by atoms with Gasteiger partial charge in [0.05, 0.1) is 12.3 Å². The Balaban J connectivity index is 1.95. The normalized spacial score (nSPS) is 16.2. The lowest BCUT2D eigenvalue weighted by Crippen LogP contribution is -2.15. The standard InChI is InChI=1S/C22H20ClN3/c1-4-18-10-19-20(12-24-18)21-13-26(3)14(2)9-16(21)11-25-22(19)15-5-7-17(23)8-6-15/h5-10,12-13H,2,4,11H2,1,3H3. The lowest BCUT2D eigenvalue weighted by Gasteiger charge is -2.24. The van der Waals surface area contributed by atoms with E-state index in [1.54, 1.807) is 0 Å². The first-order chi connectivity index (χ1) is 12.6. The Morgan fingerprint density at radius 2 is 1.96 bits per heavy atom. The fraction of sp³-hybridized carbons (Fsp3) is 0.182. The van der Waals surface area contributed by atoms with Crippen LogP contribution in [0.15, 0.2) is 71.6 Å². The molecule has 0 saturated carbocycles. The van der Waals surface area contributed by atoms with Gasteiger partial charge < -0.3 is 4.90 Å². The SMILES string of the molecule is C=C1C=C2CN=C(c3ccc(Cl)cc3)c3cc(CC)ncc3C2=CN1C. The van der Waals surface area contributed by atoms with E-state index >= 15 is 0 Å². The minimum Gasteiger partial charge on any atom is -0.351 e. The molecule has 2 aliphatic heterocycles. The van der Waals surface area contributed by atoms with Crippen LogP contribution in [0.3, 0.4) is 0 Å². The van der Waals surface area contributed by atoms with Crippen molar-refractivity contribution in [1.29, 1.82) is 0 Å². The highest BCUT2D eigenvalue weighted by Gasteiger charge is 2.24. The quantitative estimate of drug-likeness (QED) is 0.763. The zero-order valence-corrected chi connectivity index (χ0v) is 15.7. The van der Waals surface area contributed by atoms with Crippen LogP contribution in [-0.4, -0.2) is 29.2 Å². The van der Waals surface area contributed by atoms with E-state index < -0.39 is 0 Å². The summed E-state index contributed by atoms with van der Waals surface area (Å²) in [7, 11) is 2.02. The Bertz CT molecular complexity index is 981. The van der Waals surface area contributed by atoms with Gasteiger partial charge in [-0.1, -0.05) is 37.2 Å². The first-order valence-corrected chi connectivity index (χ1v) is 9.09. The maximum Gasteiger partial charge on any atom is 0.0730 e. The molecule has 0 spiro atoms. The number of likely N-dealkylation sites (N-methyl/N-ethyl adjacent to an activating group) is 1. The minimum absolute atomic E-state index is 0.618. The highest BCUT2D eigenvalue weighted by Crippen LogP contribution is 2.35. The molecule has 26 heavy (non-hydrogen) atoms. The van der Waals surface area contributed by atoms with Crippen LogP contribution in [0.4, 0.5) is 0 Å². The molecule has 3 nitrogen and oxygen atoms in total. The van der Waals surface area contributed by atoms with E-state index in [0.29, 0.717) is 6.54 Å². The van der Waals surface area contributed by atoms with Crippen molar-refractivity contribution >= 4 is 22.9 Å². The molecule has 0 amide bonds. The summed E-state index contributed by atoms with van der Waals surface area (Å²) in [6.45, 7) is 6.85. The smallest absolute Gasteiger partial charge is 0.0730 e. The number of rotatable bonds is 2. The number of aryl methyl sites for hydroxylation is 1. The van der Waals surface area contributed by atoms with Crippen molar-refractivity contribution in [2.75, 3.05) is 13.6 Å². The maximum absolute atomic E-state index is 6.08. The summed E-state index contributed by atoms with van der Waals surface area (Å²) < 4.78 is 0. The number of benzene rings is 1. The molecule has 1 aromatic carbocycles. The van der Waals surface area contributed by atoms with Gasteiger partial charge in [0.1, 0.15) is 0 Å². The van der Waals surface area contributed by atoms with Crippen molar-refractivity contribution in [1.82, 2.24) is 9.88 Å². The maximum atomic E-state index is 6.08. The molecule has 4 heteroatoms. The summed E-state index contributed by atoms with van der Waals surface area (Å²) in [6, 6.07) is 10.0. The molecule has 0 atom stereocenters. The largest absolute Gasteiger partial charge is 0.351 e. The van der Waals surface area contributed by atoms with Crippen molar-refractivity contribution in [3.05, 3.63) is 94.1 Å². The monoisotopic (exact) mass is 361 g/mol. The molecule has 2 aliphatic rings. The van der Waals surface area contributed by atoms with Crippen molar-refractivity contribution in [2.24, 2.45) is 4.99 Å². The third kappa shape index (κ3) is 2.89. The summed E-state index contributed by atoms with van der Waals surface area (Å²) in [5.41, 5.74) is 8.64. The molecular formula is C22H20ClN3. The predicted molar refractivity (Wildman–Crippen MR) is 109 cm³/mol. The number of aliphatic imine (C=N–C) groups is 1. The van der Waals surface area contributed by atoms with Crippen molar-refractivity contribution in [3.8, 4) is 0 Å². The van der Waals surface area contributed by atoms with E-state index in [9.17, 15) is 0 Å². The summed E-state index contributed by atoms with van der Waals surface area (Å²) >= 11 is 6.08. The van der Waals surface area contributed by atoms with Crippen LogP contribution in [0.2, 0.25) is 5.02 Å². The van der Waals surface area contributed by atoms with Gasteiger partial charge in [0, 0.05) is 58.1 Å². The van der Waals surface area contributed by atoms with Crippen molar-refractivity contribution in [2.45, 2.75) is 13.3 Å². The van der Waals surface area contributed by atoms with Gasteiger partial charge in [0.15, 0.2) is 0 Å². The molecule has 1 aromatic heterocycles. The fourth-order valence-electron chi connectivity index (χ4n) is 3.32. The minimum atomic E-state index is 0.618. The van der Waals surface area contributed by atoms with Gasteiger partial charge in [-0.15, -0.1) is 0 Å². The zero-order valence-electron chi connectivity index (χ0n) is 15.0. The number of halogens is 1. The Labute approximate surface area is 159 Å².